The van der Waals surface area contributed by atoms with Crippen molar-refractivity contribution in [3.05, 3.63) is 33.3 Å². The van der Waals surface area contributed by atoms with Gasteiger partial charge in [-0.1, -0.05) is 32.4 Å². The molecule has 0 bridgehead atoms. The van der Waals surface area contributed by atoms with Gasteiger partial charge >= 0.3 is 5.97 Å². The van der Waals surface area contributed by atoms with E-state index in [1.165, 1.54) is 0 Å². The molecule has 0 aliphatic rings. The third-order valence-electron chi connectivity index (χ3n) is 2.91. The van der Waals surface area contributed by atoms with Crippen LogP contribution in [0.25, 0.3) is 0 Å². The van der Waals surface area contributed by atoms with Gasteiger partial charge in [0.05, 0.1) is 11.4 Å². The van der Waals surface area contributed by atoms with Crippen LogP contribution in [0.3, 0.4) is 0 Å². The summed E-state index contributed by atoms with van der Waals surface area (Å²) in [6.45, 7) is 5.66. The Hall–Kier alpha value is -1.07. The molecule has 0 aliphatic heterocycles. The van der Waals surface area contributed by atoms with Crippen molar-refractivity contribution < 1.29 is 14.7 Å². The smallest absolute Gasteiger partial charge is 0.305 e. The Morgan fingerprint density at radius 2 is 2.00 bits per heavy atom. The molecular weight excluding hydrogens is 346 g/mol. The van der Waals surface area contributed by atoms with Gasteiger partial charge in [-0.3, -0.25) is 9.59 Å². The summed E-state index contributed by atoms with van der Waals surface area (Å²) in [6.07, 6.45) is -0.121. The second-order valence-corrected chi connectivity index (χ2v) is 6.88. The SMILES string of the molecule is CC(C)(C)C(CC(=O)O)NC(=O)c1ccc(Cl)c(Br)c1. The lowest BCUT2D eigenvalue weighted by atomic mass is 9.84. The summed E-state index contributed by atoms with van der Waals surface area (Å²) in [5.41, 5.74) is 0.0819. The van der Waals surface area contributed by atoms with E-state index in [9.17, 15) is 9.59 Å². The Morgan fingerprint density at radius 3 is 2.45 bits per heavy atom. The maximum atomic E-state index is 12.2. The number of aliphatic carboxylic acids is 1. The molecule has 0 saturated heterocycles. The van der Waals surface area contributed by atoms with Gasteiger partial charge in [0, 0.05) is 16.1 Å². The second-order valence-electron chi connectivity index (χ2n) is 5.62. The molecule has 1 atom stereocenters. The normalized spacial score (nSPS) is 12.8. The molecule has 0 aliphatic carbocycles. The molecule has 0 aromatic heterocycles. The average Bonchev–Trinajstić information content (AvgIpc) is 2.30. The lowest BCUT2D eigenvalue weighted by Gasteiger charge is -2.30. The van der Waals surface area contributed by atoms with Gasteiger partial charge in [0.15, 0.2) is 0 Å². The van der Waals surface area contributed by atoms with Crippen LogP contribution in [0, 0.1) is 5.41 Å². The number of benzene rings is 1. The van der Waals surface area contributed by atoms with Gasteiger partial charge in [0.25, 0.3) is 5.91 Å². The molecule has 6 heteroatoms. The summed E-state index contributed by atoms with van der Waals surface area (Å²) in [7, 11) is 0. The first-order valence-electron chi connectivity index (χ1n) is 6.09. The van der Waals surface area contributed by atoms with Crippen LogP contribution >= 0.6 is 27.5 Å². The zero-order valence-corrected chi connectivity index (χ0v) is 13.9. The Morgan fingerprint density at radius 1 is 1.40 bits per heavy atom. The van der Waals surface area contributed by atoms with Crippen LogP contribution in [0.1, 0.15) is 37.6 Å². The van der Waals surface area contributed by atoms with Crippen molar-refractivity contribution >= 4 is 39.4 Å². The van der Waals surface area contributed by atoms with E-state index in [0.29, 0.717) is 15.1 Å². The van der Waals surface area contributed by atoms with Gasteiger partial charge < -0.3 is 10.4 Å². The minimum atomic E-state index is -0.942. The van der Waals surface area contributed by atoms with Gasteiger partial charge in [-0.25, -0.2) is 0 Å². The maximum Gasteiger partial charge on any atom is 0.305 e. The molecule has 0 radical (unpaired) electrons. The van der Waals surface area contributed by atoms with Crippen LogP contribution in [0.4, 0.5) is 0 Å². The standard InChI is InChI=1S/C14H17BrClNO3/c1-14(2,3)11(7-12(18)19)17-13(20)8-4-5-10(16)9(15)6-8/h4-6,11H,7H2,1-3H3,(H,17,20)(H,18,19). The Kier molecular flexibility index (Phi) is 5.59. The number of rotatable bonds is 4. The predicted octanol–water partition coefficient (Wildman–Crippen LogP) is 3.72. The highest BCUT2D eigenvalue weighted by molar-refractivity contribution is 9.10. The number of hydrogen-bond acceptors (Lipinski definition) is 2. The minimum Gasteiger partial charge on any atom is -0.481 e. The number of carboxylic acids is 1. The summed E-state index contributed by atoms with van der Waals surface area (Å²) < 4.78 is 0.623. The van der Waals surface area contributed by atoms with E-state index >= 15 is 0 Å². The van der Waals surface area contributed by atoms with E-state index in [4.69, 9.17) is 16.7 Å². The third kappa shape index (κ3) is 4.80. The second kappa shape index (κ2) is 6.59. The van der Waals surface area contributed by atoms with Gasteiger partial charge in [0.1, 0.15) is 0 Å². The fraction of sp³-hybridized carbons (Fsp3) is 0.429. The lowest BCUT2D eigenvalue weighted by molar-refractivity contribution is -0.138. The zero-order valence-electron chi connectivity index (χ0n) is 11.5. The zero-order chi connectivity index (χ0) is 15.5. The summed E-state index contributed by atoms with van der Waals surface area (Å²) in [5.74, 6) is -1.26. The van der Waals surface area contributed by atoms with Gasteiger partial charge in [-0.2, -0.15) is 0 Å². The van der Waals surface area contributed by atoms with Crippen LogP contribution < -0.4 is 5.32 Å². The van der Waals surface area contributed by atoms with E-state index in [0.717, 1.165) is 0 Å². The molecular formula is C14H17BrClNO3. The van der Waals surface area contributed by atoms with Crippen LogP contribution in [0.5, 0.6) is 0 Å². The van der Waals surface area contributed by atoms with Crippen molar-refractivity contribution in [2.24, 2.45) is 5.41 Å². The highest BCUT2D eigenvalue weighted by Gasteiger charge is 2.28. The molecule has 1 unspecified atom stereocenters. The van der Waals surface area contributed by atoms with Gasteiger partial charge in [-0.05, 0) is 39.5 Å². The fourth-order valence-corrected chi connectivity index (χ4v) is 2.12. The Labute approximate surface area is 131 Å². The number of halogens is 2. The highest BCUT2D eigenvalue weighted by Crippen LogP contribution is 2.25. The van der Waals surface area contributed by atoms with E-state index in [1.54, 1.807) is 18.2 Å². The fourth-order valence-electron chi connectivity index (χ4n) is 1.63. The minimum absolute atomic E-state index is 0.121. The first-order chi connectivity index (χ1) is 9.11. The largest absolute Gasteiger partial charge is 0.481 e. The van der Waals surface area contributed by atoms with Crippen molar-refractivity contribution in [1.29, 1.82) is 0 Å². The molecule has 2 N–H and O–H groups in total. The Balaban J connectivity index is 2.90. The average molecular weight is 363 g/mol. The molecule has 0 saturated carbocycles. The number of carbonyl (C=O) groups is 2. The first kappa shape index (κ1) is 17.0. The molecule has 110 valence electrons. The van der Waals surface area contributed by atoms with Gasteiger partial charge in [-0.15, -0.1) is 0 Å². The van der Waals surface area contributed by atoms with Gasteiger partial charge in [0.2, 0.25) is 0 Å². The van der Waals surface area contributed by atoms with Crippen molar-refractivity contribution in [3.63, 3.8) is 0 Å². The molecule has 20 heavy (non-hydrogen) atoms. The summed E-state index contributed by atoms with van der Waals surface area (Å²) >= 11 is 9.13. The number of nitrogens with one attached hydrogen (secondary N) is 1. The number of amides is 1. The highest BCUT2D eigenvalue weighted by atomic mass is 79.9. The van der Waals surface area contributed by atoms with Crippen LogP contribution in [-0.2, 0) is 4.79 Å². The summed E-state index contributed by atoms with van der Waals surface area (Å²) in [6, 6.07) is 4.37. The van der Waals surface area contributed by atoms with Crippen molar-refractivity contribution in [1.82, 2.24) is 5.32 Å². The molecule has 1 aromatic carbocycles. The topological polar surface area (TPSA) is 66.4 Å². The van der Waals surface area contributed by atoms with Crippen molar-refractivity contribution in [2.45, 2.75) is 33.2 Å². The van der Waals surface area contributed by atoms with E-state index < -0.39 is 12.0 Å². The molecule has 0 heterocycles. The summed E-state index contributed by atoms with van der Waals surface area (Å²) in [5, 5.41) is 12.2. The van der Waals surface area contributed by atoms with Crippen LogP contribution in [0.15, 0.2) is 22.7 Å². The third-order valence-corrected chi connectivity index (χ3v) is 4.13. The quantitative estimate of drug-likeness (QED) is 0.858. The van der Waals surface area contributed by atoms with Crippen molar-refractivity contribution in [3.8, 4) is 0 Å². The monoisotopic (exact) mass is 361 g/mol. The molecule has 0 spiro atoms. The molecule has 1 amide bonds. The molecule has 0 fully saturated rings. The molecule has 4 nitrogen and oxygen atoms in total. The maximum absolute atomic E-state index is 12.2. The predicted molar refractivity (Wildman–Crippen MR) is 82.1 cm³/mol. The number of carbonyl (C=O) groups excluding carboxylic acids is 1. The van der Waals surface area contributed by atoms with Crippen LogP contribution in [0.2, 0.25) is 5.02 Å². The lowest BCUT2D eigenvalue weighted by Crippen LogP contribution is -2.45. The molecule has 1 rings (SSSR count). The summed E-state index contributed by atoms with van der Waals surface area (Å²) in [4.78, 5) is 23.1. The van der Waals surface area contributed by atoms with Crippen molar-refractivity contribution in [2.75, 3.05) is 0 Å². The van der Waals surface area contributed by atoms with E-state index in [-0.39, 0.29) is 17.7 Å². The Bertz CT molecular complexity index is 526. The van der Waals surface area contributed by atoms with E-state index in [1.807, 2.05) is 20.8 Å². The number of hydrogen-bond donors (Lipinski definition) is 2. The van der Waals surface area contributed by atoms with E-state index in [2.05, 4.69) is 21.2 Å². The molecule has 1 aromatic rings. The van der Waals surface area contributed by atoms with Crippen LogP contribution in [-0.4, -0.2) is 23.0 Å². The first-order valence-corrected chi connectivity index (χ1v) is 7.26. The number of carboxylic acid groups (broad SMARTS) is 1.